The molecular formula is C8H15N. The summed E-state index contributed by atoms with van der Waals surface area (Å²) in [6, 6.07) is 1.01. The molecule has 0 spiro atoms. The van der Waals surface area contributed by atoms with Crippen LogP contribution < -0.4 is 0 Å². The lowest BCUT2D eigenvalue weighted by Crippen LogP contribution is -2.45. The molecule has 2 aliphatic rings. The van der Waals surface area contributed by atoms with Crippen LogP contribution in [-0.4, -0.2) is 24.0 Å². The molecule has 0 aromatic carbocycles. The van der Waals surface area contributed by atoms with Crippen LogP contribution in [0.5, 0.6) is 0 Å². The first-order valence-electron chi connectivity index (χ1n) is 4.16. The average Bonchev–Trinajstić information content (AvgIpc) is 2.07. The van der Waals surface area contributed by atoms with Gasteiger partial charge < -0.3 is 0 Å². The Morgan fingerprint density at radius 1 is 1.33 bits per heavy atom. The molecule has 0 aromatic heterocycles. The second-order valence-corrected chi connectivity index (χ2v) is 3.35. The lowest BCUT2D eigenvalue weighted by Gasteiger charge is -2.37. The molecule has 2 atom stereocenters. The third-order valence-corrected chi connectivity index (χ3v) is 3.04. The molecule has 2 aliphatic heterocycles. The summed E-state index contributed by atoms with van der Waals surface area (Å²) >= 11 is 0. The first-order chi connectivity index (χ1) is 4.42. The third kappa shape index (κ3) is 0.710. The van der Waals surface area contributed by atoms with Crippen molar-refractivity contribution in [2.45, 2.75) is 32.2 Å². The number of rotatable bonds is 1. The van der Waals surface area contributed by atoms with Crippen molar-refractivity contribution in [2.75, 3.05) is 13.1 Å². The van der Waals surface area contributed by atoms with E-state index in [1.54, 1.807) is 0 Å². The van der Waals surface area contributed by atoms with Crippen LogP contribution in [0.3, 0.4) is 0 Å². The molecule has 0 aromatic rings. The highest BCUT2D eigenvalue weighted by atomic mass is 15.2. The van der Waals surface area contributed by atoms with Crippen molar-refractivity contribution in [1.82, 2.24) is 4.90 Å². The molecule has 0 N–H and O–H groups in total. The Kier molecular flexibility index (Phi) is 1.26. The largest absolute Gasteiger partial charge is 0.300 e. The summed E-state index contributed by atoms with van der Waals surface area (Å²) < 4.78 is 0. The maximum Gasteiger partial charge on any atom is 0.0136 e. The number of fused-ring (bicyclic) bond motifs is 1. The number of nitrogens with zero attached hydrogens (tertiary/aromatic N) is 1. The molecule has 0 radical (unpaired) electrons. The minimum absolute atomic E-state index is 1.01. The van der Waals surface area contributed by atoms with Gasteiger partial charge in [0, 0.05) is 6.04 Å². The van der Waals surface area contributed by atoms with E-state index in [1.807, 2.05) is 0 Å². The zero-order valence-corrected chi connectivity index (χ0v) is 6.14. The molecule has 0 bridgehead atoms. The van der Waals surface area contributed by atoms with Gasteiger partial charge in [0.25, 0.3) is 0 Å². The van der Waals surface area contributed by atoms with Crippen LogP contribution in [0.4, 0.5) is 0 Å². The zero-order valence-electron chi connectivity index (χ0n) is 6.14. The smallest absolute Gasteiger partial charge is 0.0136 e. The molecule has 52 valence electrons. The fourth-order valence-corrected chi connectivity index (χ4v) is 2.27. The van der Waals surface area contributed by atoms with E-state index in [9.17, 15) is 0 Å². The molecule has 1 heteroatoms. The minimum Gasteiger partial charge on any atom is -0.300 e. The van der Waals surface area contributed by atoms with Crippen molar-refractivity contribution in [2.24, 2.45) is 5.92 Å². The summed E-state index contributed by atoms with van der Waals surface area (Å²) in [5.41, 5.74) is 0. The van der Waals surface area contributed by atoms with Crippen LogP contribution in [0.2, 0.25) is 0 Å². The Balaban J connectivity index is 1.97. The van der Waals surface area contributed by atoms with Crippen molar-refractivity contribution in [3.63, 3.8) is 0 Å². The molecule has 9 heavy (non-hydrogen) atoms. The van der Waals surface area contributed by atoms with Crippen LogP contribution in [0, 0.1) is 5.92 Å². The van der Waals surface area contributed by atoms with Crippen molar-refractivity contribution in [3.8, 4) is 0 Å². The fourth-order valence-electron chi connectivity index (χ4n) is 2.27. The molecule has 2 fully saturated rings. The zero-order chi connectivity index (χ0) is 6.27. The van der Waals surface area contributed by atoms with Gasteiger partial charge in [-0.1, -0.05) is 13.3 Å². The van der Waals surface area contributed by atoms with E-state index in [0.29, 0.717) is 0 Å². The van der Waals surface area contributed by atoms with Crippen LogP contribution in [-0.2, 0) is 0 Å². The summed E-state index contributed by atoms with van der Waals surface area (Å²) in [6.07, 6.45) is 4.36. The number of hydrogen-bond donors (Lipinski definition) is 0. The first-order valence-corrected chi connectivity index (χ1v) is 4.16. The Labute approximate surface area is 57.0 Å². The lowest BCUT2D eigenvalue weighted by molar-refractivity contribution is 0.113. The van der Waals surface area contributed by atoms with Crippen LogP contribution >= 0.6 is 0 Å². The van der Waals surface area contributed by atoms with E-state index in [1.165, 1.54) is 32.4 Å². The molecule has 2 saturated heterocycles. The topological polar surface area (TPSA) is 3.24 Å². The Morgan fingerprint density at radius 2 is 2.11 bits per heavy atom. The van der Waals surface area contributed by atoms with Gasteiger partial charge in [-0.2, -0.15) is 0 Å². The van der Waals surface area contributed by atoms with Crippen molar-refractivity contribution in [3.05, 3.63) is 0 Å². The minimum atomic E-state index is 1.01. The van der Waals surface area contributed by atoms with Gasteiger partial charge in [-0.25, -0.2) is 0 Å². The second kappa shape index (κ2) is 1.98. The summed E-state index contributed by atoms with van der Waals surface area (Å²) in [5.74, 6) is 1.05. The van der Waals surface area contributed by atoms with Crippen LogP contribution in [0.15, 0.2) is 0 Å². The average molecular weight is 125 g/mol. The van der Waals surface area contributed by atoms with Crippen molar-refractivity contribution < 1.29 is 0 Å². The number of hydrogen-bond acceptors (Lipinski definition) is 1. The normalized spacial score (nSPS) is 42.3. The van der Waals surface area contributed by atoms with E-state index in [0.717, 1.165) is 12.0 Å². The van der Waals surface area contributed by atoms with Gasteiger partial charge in [0.05, 0.1) is 0 Å². The summed E-state index contributed by atoms with van der Waals surface area (Å²) in [6.45, 7) is 5.11. The molecule has 1 nitrogen and oxygen atoms in total. The van der Waals surface area contributed by atoms with E-state index in [2.05, 4.69) is 11.8 Å². The highest BCUT2D eigenvalue weighted by molar-refractivity contribution is 4.93. The highest BCUT2D eigenvalue weighted by Gasteiger charge is 2.38. The van der Waals surface area contributed by atoms with E-state index in [4.69, 9.17) is 0 Å². The highest BCUT2D eigenvalue weighted by Crippen LogP contribution is 2.35. The van der Waals surface area contributed by atoms with E-state index < -0.39 is 0 Å². The molecule has 0 amide bonds. The maximum absolute atomic E-state index is 2.63. The Morgan fingerprint density at radius 3 is 2.44 bits per heavy atom. The molecule has 2 unspecified atom stereocenters. The Bertz CT molecular complexity index is 109. The predicted octanol–water partition coefficient (Wildman–Crippen LogP) is 1.49. The van der Waals surface area contributed by atoms with Gasteiger partial charge in [-0.3, -0.25) is 4.90 Å². The van der Waals surface area contributed by atoms with Crippen molar-refractivity contribution >= 4 is 0 Å². The standard InChI is InChI=1S/C8H15N/c1-2-7-3-5-9-6-4-8(7)9/h7-8H,2-6H2,1H3. The quantitative estimate of drug-likeness (QED) is 0.513. The molecule has 2 rings (SSSR count). The first kappa shape index (κ1) is 5.72. The molecular weight excluding hydrogens is 110 g/mol. The van der Waals surface area contributed by atoms with Gasteiger partial charge in [-0.15, -0.1) is 0 Å². The monoisotopic (exact) mass is 125 g/mol. The maximum atomic E-state index is 2.63. The van der Waals surface area contributed by atoms with Gasteiger partial charge in [0.15, 0.2) is 0 Å². The van der Waals surface area contributed by atoms with Gasteiger partial charge >= 0.3 is 0 Å². The van der Waals surface area contributed by atoms with Crippen LogP contribution in [0.25, 0.3) is 0 Å². The van der Waals surface area contributed by atoms with E-state index in [-0.39, 0.29) is 0 Å². The Hall–Kier alpha value is -0.0400. The fraction of sp³-hybridized carbons (Fsp3) is 1.00. The molecule has 0 saturated carbocycles. The van der Waals surface area contributed by atoms with Gasteiger partial charge in [-0.05, 0) is 31.8 Å². The molecule has 2 heterocycles. The molecule has 0 aliphatic carbocycles. The lowest BCUT2D eigenvalue weighted by atomic mass is 9.91. The summed E-state index contributed by atoms with van der Waals surface area (Å²) in [4.78, 5) is 2.63. The SMILES string of the molecule is CCC1CCN2CCC12. The van der Waals surface area contributed by atoms with Crippen molar-refractivity contribution in [1.29, 1.82) is 0 Å². The van der Waals surface area contributed by atoms with Gasteiger partial charge in [0.1, 0.15) is 0 Å². The summed E-state index contributed by atoms with van der Waals surface area (Å²) in [7, 11) is 0. The summed E-state index contributed by atoms with van der Waals surface area (Å²) in [5, 5.41) is 0. The van der Waals surface area contributed by atoms with Gasteiger partial charge in [0.2, 0.25) is 0 Å². The second-order valence-electron chi connectivity index (χ2n) is 3.35. The van der Waals surface area contributed by atoms with Crippen LogP contribution in [0.1, 0.15) is 26.2 Å². The third-order valence-electron chi connectivity index (χ3n) is 3.04. The predicted molar refractivity (Wildman–Crippen MR) is 38.4 cm³/mol. The van der Waals surface area contributed by atoms with E-state index >= 15 is 0 Å².